The van der Waals surface area contributed by atoms with Crippen LogP contribution in [0.2, 0.25) is 10.0 Å². The molecule has 3 heterocycles. The van der Waals surface area contributed by atoms with Crippen LogP contribution in [-0.2, 0) is 0 Å². The molecule has 3 aromatic heterocycles. The smallest absolute Gasteiger partial charge is 0.234 e. The lowest BCUT2D eigenvalue weighted by atomic mass is 10.0. The van der Waals surface area contributed by atoms with Crippen molar-refractivity contribution in [2.45, 2.75) is 6.92 Å². The number of nitrogens with zero attached hydrogens (tertiary/aromatic N) is 5. The van der Waals surface area contributed by atoms with E-state index < -0.39 is 5.82 Å². The van der Waals surface area contributed by atoms with Crippen molar-refractivity contribution in [2.75, 3.05) is 0 Å². The SMILES string of the molecule is Cc1nnc2sc(-c3cc(-c4cc(F)c(Cl)cc4Cl)nc4ccccc34)nn12. The number of para-hydroxylation sites is 1. The predicted molar refractivity (Wildman–Crippen MR) is 110 cm³/mol. The molecule has 0 fully saturated rings. The Kier molecular flexibility index (Phi) is 4.04. The summed E-state index contributed by atoms with van der Waals surface area (Å²) >= 11 is 13.6. The second kappa shape index (κ2) is 6.48. The van der Waals surface area contributed by atoms with Crippen LogP contribution in [0.15, 0.2) is 42.5 Å². The zero-order chi connectivity index (χ0) is 19.4. The molecule has 0 amide bonds. The lowest BCUT2D eigenvalue weighted by Crippen LogP contribution is -1.93. The Labute approximate surface area is 172 Å². The first kappa shape index (κ1) is 17.5. The van der Waals surface area contributed by atoms with Crippen molar-refractivity contribution in [3.63, 3.8) is 0 Å². The molecule has 0 aliphatic carbocycles. The van der Waals surface area contributed by atoms with Gasteiger partial charge in [-0.1, -0.05) is 52.7 Å². The average Bonchev–Trinajstić information content (AvgIpc) is 3.26. The number of hydrogen-bond donors (Lipinski definition) is 0. The lowest BCUT2D eigenvalue weighted by Gasteiger charge is -2.10. The molecule has 0 bridgehead atoms. The van der Waals surface area contributed by atoms with Crippen LogP contribution in [0.1, 0.15) is 5.82 Å². The van der Waals surface area contributed by atoms with Crippen molar-refractivity contribution in [3.8, 4) is 21.8 Å². The van der Waals surface area contributed by atoms with Crippen LogP contribution >= 0.6 is 34.5 Å². The maximum absolute atomic E-state index is 14.1. The highest BCUT2D eigenvalue weighted by Crippen LogP contribution is 2.37. The highest BCUT2D eigenvalue weighted by molar-refractivity contribution is 7.19. The monoisotopic (exact) mass is 429 g/mol. The first-order valence-corrected chi connectivity index (χ1v) is 9.82. The van der Waals surface area contributed by atoms with Crippen LogP contribution in [0.3, 0.4) is 0 Å². The summed E-state index contributed by atoms with van der Waals surface area (Å²) in [6, 6.07) is 12.3. The molecule has 5 aromatic rings. The zero-order valence-electron chi connectivity index (χ0n) is 14.3. The van der Waals surface area contributed by atoms with Gasteiger partial charge in [-0.05, 0) is 31.2 Å². The van der Waals surface area contributed by atoms with Crippen LogP contribution in [0.25, 0.3) is 37.7 Å². The van der Waals surface area contributed by atoms with E-state index in [-0.39, 0.29) is 5.02 Å². The molecule has 2 aromatic carbocycles. The van der Waals surface area contributed by atoms with Gasteiger partial charge in [0, 0.05) is 16.5 Å². The molecular weight excluding hydrogens is 420 g/mol. The number of aryl methyl sites for hydroxylation is 1. The van der Waals surface area contributed by atoms with E-state index in [1.165, 1.54) is 23.5 Å². The molecule has 0 atom stereocenters. The third kappa shape index (κ3) is 2.74. The Morgan fingerprint density at radius 3 is 2.64 bits per heavy atom. The van der Waals surface area contributed by atoms with Gasteiger partial charge in [-0.15, -0.1) is 10.2 Å². The van der Waals surface area contributed by atoms with Crippen molar-refractivity contribution in [3.05, 3.63) is 64.2 Å². The van der Waals surface area contributed by atoms with Crippen LogP contribution in [-0.4, -0.2) is 24.8 Å². The summed E-state index contributed by atoms with van der Waals surface area (Å²) in [7, 11) is 0. The minimum atomic E-state index is -0.549. The number of halogens is 3. The van der Waals surface area contributed by atoms with Gasteiger partial charge in [0.25, 0.3) is 0 Å². The molecule has 0 spiro atoms. The first-order valence-electron chi connectivity index (χ1n) is 8.25. The van der Waals surface area contributed by atoms with Gasteiger partial charge in [-0.25, -0.2) is 9.37 Å². The van der Waals surface area contributed by atoms with Crippen LogP contribution < -0.4 is 0 Å². The third-order valence-corrected chi connectivity index (χ3v) is 5.91. The van der Waals surface area contributed by atoms with Crippen molar-refractivity contribution >= 4 is 50.4 Å². The Bertz CT molecular complexity index is 1380. The van der Waals surface area contributed by atoms with Gasteiger partial charge in [0.1, 0.15) is 10.8 Å². The molecular formula is C19H10Cl2FN5S. The standard InChI is InChI=1S/C19H10Cl2FN5S/c1-9-24-25-19-27(9)26-18(28-19)11-7-17(23-16-5-3-2-4-10(11)16)12-6-15(22)14(21)8-13(12)20/h2-8H,1H3. The number of rotatable bonds is 2. The summed E-state index contributed by atoms with van der Waals surface area (Å²) in [5, 5.41) is 14.8. The number of aromatic nitrogens is 5. The number of pyridine rings is 1. The lowest BCUT2D eigenvalue weighted by molar-refractivity contribution is 0.628. The normalized spacial score (nSPS) is 11.6. The average molecular weight is 430 g/mol. The molecule has 138 valence electrons. The third-order valence-electron chi connectivity index (χ3n) is 4.38. The molecule has 0 aliphatic rings. The Morgan fingerprint density at radius 1 is 1.00 bits per heavy atom. The highest BCUT2D eigenvalue weighted by Gasteiger charge is 2.17. The van der Waals surface area contributed by atoms with Crippen LogP contribution in [0.5, 0.6) is 0 Å². The van der Waals surface area contributed by atoms with Gasteiger partial charge in [-0.2, -0.15) is 9.61 Å². The van der Waals surface area contributed by atoms with E-state index in [4.69, 9.17) is 23.2 Å². The van der Waals surface area contributed by atoms with Crippen LogP contribution in [0, 0.1) is 12.7 Å². The van der Waals surface area contributed by atoms with E-state index in [2.05, 4.69) is 20.3 Å². The van der Waals surface area contributed by atoms with E-state index in [0.717, 1.165) is 21.5 Å². The topological polar surface area (TPSA) is 56.0 Å². The van der Waals surface area contributed by atoms with E-state index in [1.807, 2.05) is 37.3 Å². The predicted octanol–water partition coefficient (Wildman–Crippen LogP) is 5.82. The minimum Gasteiger partial charge on any atom is -0.248 e. The maximum atomic E-state index is 14.1. The molecule has 0 aliphatic heterocycles. The quantitative estimate of drug-likeness (QED) is 0.331. The fourth-order valence-electron chi connectivity index (χ4n) is 3.03. The van der Waals surface area contributed by atoms with E-state index in [9.17, 15) is 4.39 Å². The van der Waals surface area contributed by atoms with Gasteiger partial charge in [-0.3, -0.25) is 0 Å². The van der Waals surface area contributed by atoms with Gasteiger partial charge in [0.05, 0.1) is 21.3 Å². The van der Waals surface area contributed by atoms with Gasteiger partial charge >= 0.3 is 0 Å². The number of hydrogen-bond acceptors (Lipinski definition) is 5. The van der Waals surface area contributed by atoms with E-state index >= 15 is 0 Å². The summed E-state index contributed by atoms with van der Waals surface area (Å²) in [5.41, 5.74) is 2.62. The summed E-state index contributed by atoms with van der Waals surface area (Å²) in [6.45, 7) is 1.84. The summed E-state index contributed by atoms with van der Waals surface area (Å²) in [5.74, 6) is 0.158. The molecule has 28 heavy (non-hydrogen) atoms. The molecule has 5 nitrogen and oxygen atoms in total. The van der Waals surface area contributed by atoms with Crippen molar-refractivity contribution in [2.24, 2.45) is 0 Å². The van der Waals surface area contributed by atoms with Gasteiger partial charge < -0.3 is 0 Å². The molecule has 0 saturated heterocycles. The maximum Gasteiger partial charge on any atom is 0.234 e. The fourth-order valence-corrected chi connectivity index (χ4v) is 4.43. The van der Waals surface area contributed by atoms with Crippen molar-refractivity contribution in [1.82, 2.24) is 24.8 Å². The Balaban J connectivity index is 1.80. The summed E-state index contributed by atoms with van der Waals surface area (Å²) in [6.07, 6.45) is 0. The second-order valence-electron chi connectivity index (χ2n) is 6.17. The van der Waals surface area contributed by atoms with Crippen molar-refractivity contribution in [1.29, 1.82) is 0 Å². The fraction of sp³-hybridized carbons (Fsp3) is 0.0526. The first-order chi connectivity index (χ1) is 13.5. The van der Waals surface area contributed by atoms with Crippen molar-refractivity contribution < 1.29 is 4.39 Å². The Morgan fingerprint density at radius 2 is 1.82 bits per heavy atom. The highest BCUT2D eigenvalue weighted by atomic mass is 35.5. The summed E-state index contributed by atoms with van der Waals surface area (Å²) < 4.78 is 15.8. The molecule has 9 heteroatoms. The number of fused-ring (bicyclic) bond motifs is 2. The van der Waals surface area contributed by atoms with Crippen LogP contribution in [0.4, 0.5) is 4.39 Å². The molecule has 5 rings (SSSR count). The zero-order valence-corrected chi connectivity index (χ0v) is 16.6. The van der Waals surface area contributed by atoms with E-state index in [0.29, 0.717) is 27.1 Å². The van der Waals surface area contributed by atoms with Gasteiger partial charge in [0.15, 0.2) is 5.82 Å². The molecule has 0 unspecified atom stereocenters. The number of benzene rings is 2. The van der Waals surface area contributed by atoms with E-state index in [1.54, 1.807) is 4.52 Å². The van der Waals surface area contributed by atoms with Gasteiger partial charge in [0.2, 0.25) is 4.96 Å². The largest absolute Gasteiger partial charge is 0.248 e. The molecule has 0 N–H and O–H groups in total. The second-order valence-corrected chi connectivity index (χ2v) is 7.94. The minimum absolute atomic E-state index is 0.0288. The summed E-state index contributed by atoms with van der Waals surface area (Å²) in [4.78, 5) is 5.37. The Hall–Kier alpha value is -2.61. The molecule has 0 saturated carbocycles. The molecule has 0 radical (unpaired) electrons.